The number of aliphatic imine (C=N–C) groups is 1. The Hall–Kier alpha value is -2.91. The Morgan fingerprint density at radius 1 is 0.840 bits per heavy atom. The van der Waals surface area contributed by atoms with Gasteiger partial charge in [-0.15, -0.1) is 0 Å². The Balaban J connectivity index is 1.64. The number of hydrogen-bond donors (Lipinski definition) is 1. The lowest BCUT2D eigenvalue weighted by Gasteiger charge is -2.23. The van der Waals surface area contributed by atoms with Gasteiger partial charge in [-0.25, -0.2) is 4.99 Å². The van der Waals surface area contributed by atoms with Crippen LogP contribution in [0, 0.1) is 6.92 Å². The van der Waals surface area contributed by atoms with E-state index >= 15 is 0 Å². The Labute approximate surface area is 148 Å². The summed E-state index contributed by atoms with van der Waals surface area (Å²) in [5, 5.41) is 2.20. The highest BCUT2D eigenvalue weighted by Gasteiger charge is 2.28. The molecule has 1 aliphatic rings. The average molecular weight is 327 g/mol. The number of aryl methyl sites for hydroxylation is 1. The third-order valence-corrected chi connectivity index (χ3v) is 4.41. The summed E-state index contributed by atoms with van der Waals surface area (Å²) in [7, 11) is 0. The molecule has 0 saturated heterocycles. The molecule has 0 aliphatic carbocycles. The van der Waals surface area contributed by atoms with Crippen LogP contribution >= 0.6 is 0 Å². The van der Waals surface area contributed by atoms with Gasteiger partial charge in [-0.3, -0.25) is 0 Å². The Bertz CT molecular complexity index is 855. The number of nitrogens with one attached hydrogen (secondary N) is 1. The van der Waals surface area contributed by atoms with Crippen LogP contribution in [0.1, 0.15) is 28.4 Å². The number of hydrazine groups is 1. The van der Waals surface area contributed by atoms with Gasteiger partial charge < -0.3 is 5.43 Å². The lowest BCUT2D eigenvalue weighted by molar-refractivity contribution is 0.181. The van der Waals surface area contributed by atoms with E-state index in [0.29, 0.717) is 0 Å². The van der Waals surface area contributed by atoms with Crippen LogP contribution in [0.2, 0.25) is 0 Å². The Morgan fingerprint density at radius 3 is 2.16 bits per heavy atom. The molecule has 0 radical (unpaired) electrons. The summed E-state index contributed by atoms with van der Waals surface area (Å²) < 4.78 is 0. The second kappa shape index (κ2) is 6.91. The van der Waals surface area contributed by atoms with E-state index in [-0.39, 0.29) is 6.17 Å². The van der Waals surface area contributed by atoms with E-state index in [1.807, 2.05) is 24.3 Å². The van der Waals surface area contributed by atoms with Crippen molar-refractivity contribution in [2.75, 3.05) is 0 Å². The molecule has 1 heterocycles. The summed E-state index contributed by atoms with van der Waals surface area (Å²) in [4.78, 5) is 4.96. The fourth-order valence-corrected chi connectivity index (χ4v) is 3.05. The molecule has 3 aromatic carbocycles. The van der Waals surface area contributed by atoms with Gasteiger partial charge in [0.05, 0.1) is 0 Å². The van der Waals surface area contributed by atoms with Crippen molar-refractivity contribution in [2.24, 2.45) is 4.99 Å². The van der Waals surface area contributed by atoms with Crippen LogP contribution in [0.4, 0.5) is 0 Å². The zero-order valence-corrected chi connectivity index (χ0v) is 14.3. The van der Waals surface area contributed by atoms with Crippen molar-refractivity contribution < 1.29 is 0 Å². The zero-order valence-electron chi connectivity index (χ0n) is 14.3. The first-order valence-corrected chi connectivity index (χ1v) is 8.56. The maximum absolute atomic E-state index is 4.96. The van der Waals surface area contributed by atoms with E-state index in [2.05, 4.69) is 78.0 Å². The maximum Gasteiger partial charge on any atom is 0.147 e. The third-order valence-electron chi connectivity index (χ3n) is 4.41. The molecule has 3 nitrogen and oxygen atoms in total. The van der Waals surface area contributed by atoms with E-state index < -0.39 is 0 Å². The summed E-state index contributed by atoms with van der Waals surface area (Å²) in [6.45, 7) is 2.90. The van der Waals surface area contributed by atoms with Crippen molar-refractivity contribution in [1.82, 2.24) is 10.4 Å². The minimum atomic E-state index is -0.0299. The molecule has 3 heteroatoms. The Morgan fingerprint density at radius 2 is 1.48 bits per heavy atom. The minimum Gasteiger partial charge on any atom is -0.300 e. The second-order valence-electron chi connectivity index (χ2n) is 6.35. The van der Waals surface area contributed by atoms with Crippen LogP contribution < -0.4 is 5.43 Å². The van der Waals surface area contributed by atoms with E-state index in [9.17, 15) is 0 Å². The average Bonchev–Trinajstić information content (AvgIpc) is 3.09. The third kappa shape index (κ3) is 3.47. The van der Waals surface area contributed by atoms with Gasteiger partial charge in [0.2, 0.25) is 0 Å². The van der Waals surface area contributed by atoms with E-state index in [1.54, 1.807) is 0 Å². The normalized spacial score (nSPS) is 17.2. The molecule has 0 amide bonds. The molecule has 124 valence electrons. The van der Waals surface area contributed by atoms with E-state index in [0.717, 1.165) is 17.9 Å². The number of rotatable bonds is 4. The van der Waals surface area contributed by atoms with Gasteiger partial charge >= 0.3 is 0 Å². The van der Waals surface area contributed by atoms with Crippen molar-refractivity contribution in [3.63, 3.8) is 0 Å². The van der Waals surface area contributed by atoms with Crippen LogP contribution in [0.5, 0.6) is 0 Å². The van der Waals surface area contributed by atoms with Crippen LogP contribution in [0.15, 0.2) is 89.9 Å². The van der Waals surface area contributed by atoms with E-state index in [4.69, 9.17) is 4.99 Å². The maximum atomic E-state index is 4.96. The van der Waals surface area contributed by atoms with Gasteiger partial charge in [-0.2, -0.15) is 5.01 Å². The van der Waals surface area contributed by atoms with Gasteiger partial charge in [0.1, 0.15) is 12.0 Å². The quantitative estimate of drug-likeness (QED) is 0.766. The highest BCUT2D eigenvalue weighted by atomic mass is 15.6. The van der Waals surface area contributed by atoms with Gasteiger partial charge in [0.25, 0.3) is 0 Å². The summed E-state index contributed by atoms with van der Waals surface area (Å²) >= 11 is 0. The highest BCUT2D eigenvalue weighted by Crippen LogP contribution is 2.27. The lowest BCUT2D eigenvalue weighted by Crippen LogP contribution is -2.37. The molecule has 25 heavy (non-hydrogen) atoms. The molecule has 0 bridgehead atoms. The van der Waals surface area contributed by atoms with Crippen molar-refractivity contribution in [2.45, 2.75) is 19.6 Å². The first-order chi connectivity index (χ1) is 12.3. The van der Waals surface area contributed by atoms with Crippen LogP contribution in [-0.2, 0) is 6.54 Å². The molecule has 0 saturated carbocycles. The highest BCUT2D eigenvalue weighted by molar-refractivity contribution is 5.99. The summed E-state index contributed by atoms with van der Waals surface area (Å²) in [6, 6.07) is 29.4. The van der Waals surface area contributed by atoms with Crippen LogP contribution in [0.3, 0.4) is 0 Å². The Kier molecular flexibility index (Phi) is 4.32. The summed E-state index contributed by atoms with van der Waals surface area (Å²) in [6.07, 6.45) is -0.0299. The minimum absolute atomic E-state index is 0.0299. The molecule has 0 aromatic heterocycles. The molecule has 0 fully saturated rings. The zero-order chi connectivity index (χ0) is 17.1. The topological polar surface area (TPSA) is 27.6 Å². The van der Waals surface area contributed by atoms with Crippen molar-refractivity contribution in [3.8, 4) is 0 Å². The predicted molar refractivity (Wildman–Crippen MR) is 102 cm³/mol. The molecule has 1 N–H and O–H groups in total. The molecule has 4 rings (SSSR count). The first-order valence-electron chi connectivity index (χ1n) is 8.56. The summed E-state index contributed by atoms with van der Waals surface area (Å²) in [5.41, 5.74) is 8.34. The molecule has 3 aromatic rings. The SMILES string of the molecule is Cc1ccc(CN2NC(c3ccccc3)=NC2c2ccccc2)cc1. The molecule has 1 aliphatic heterocycles. The number of hydrogen-bond acceptors (Lipinski definition) is 3. The molecule has 1 atom stereocenters. The van der Waals surface area contributed by atoms with Gasteiger partial charge in [0.15, 0.2) is 0 Å². The second-order valence-corrected chi connectivity index (χ2v) is 6.35. The van der Waals surface area contributed by atoms with Gasteiger partial charge in [-0.05, 0) is 18.1 Å². The fourth-order valence-electron chi connectivity index (χ4n) is 3.05. The van der Waals surface area contributed by atoms with Crippen molar-refractivity contribution in [1.29, 1.82) is 0 Å². The number of nitrogens with zero attached hydrogens (tertiary/aromatic N) is 2. The molecule has 1 unspecified atom stereocenters. The van der Waals surface area contributed by atoms with Gasteiger partial charge in [0, 0.05) is 12.1 Å². The van der Waals surface area contributed by atoms with Crippen molar-refractivity contribution >= 4 is 5.84 Å². The standard InChI is InChI=1S/C22H21N3/c1-17-12-14-18(15-13-17)16-25-22(20-10-6-3-7-11-20)23-21(24-25)19-8-4-2-5-9-19/h2-15,22H,16H2,1H3,(H,23,24). The van der Waals surface area contributed by atoms with E-state index in [1.165, 1.54) is 16.7 Å². The number of amidine groups is 1. The first kappa shape index (κ1) is 15.6. The fraction of sp³-hybridized carbons (Fsp3) is 0.136. The molecular weight excluding hydrogens is 306 g/mol. The molecule has 0 spiro atoms. The number of benzene rings is 3. The predicted octanol–water partition coefficient (Wildman–Crippen LogP) is 4.46. The van der Waals surface area contributed by atoms with Crippen LogP contribution in [0.25, 0.3) is 0 Å². The largest absolute Gasteiger partial charge is 0.300 e. The monoisotopic (exact) mass is 327 g/mol. The molecular formula is C22H21N3. The van der Waals surface area contributed by atoms with Crippen molar-refractivity contribution in [3.05, 3.63) is 107 Å². The lowest BCUT2D eigenvalue weighted by atomic mass is 10.1. The summed E-state index contributed by atoms with van der Waals surface area (Å²) in [5.74, 6) is 0.918. The smallest absolute Gasteiger partial charge is 0.147 e. The van der Waals surface area contributed by atoms with Gasteiger partial charge in [-0.1, -0.05) is 90.5 Å². The van der Waals surface area contributed by atoms with Crippen LogP contribution in [-0.4, -0.2) is 10.8 Å².